The van der Waals surface area contributed by atoms with Crippen LogP contribution in [-0.4, -0.2) is 23.3 Å². The fraction of sp³-hybridized carbons (Fsp3) is 1.00. The van der Waals surface area contributed by atoms with Crippen molar-refractivity contribution in [2.45, 2.75) is 44.7 Å². The van der Waals surface area contributed by atoms with Crippen LogP contribution in [0.2, 0.25) is 0 Å². The fourth-order valence-corrected chi connectivity index (χ4v) is 1.15. The lowest BCUT2D eigenvalue weighted by Crippen LogP contribution is -2.50. The SMILES string of the molecule is CC(C)(CO)NC1CCC1. The molecule has 0 aromatic carbocycles. The molecular weight excluding hydrogens is 126 g/mol. The van der Waals surface area contributed by atoms with Crippen LogP contribution >= 0.6 is 0 Å². The smallest absolute Gasteiger partial charge is 0.0607 e. The van der Waals surface area contributed by atoms with Crippen molar-refractivity contribution in [3.05, 3.63) is 0 Å². The molecule has 0 bridgehead atoms. The molecule has 1 fully saturated rings. The average molecular weight is 143 g/mol. The second-order valence-corrected chi connectivity index (χ2v) is 3.81. The summed E-state index contributed by atoms with van der Waals surface area (Å²) in [7, 11) is 0. The Balaban J connectivity index is 2.21. The number of rotatable bonds is 3. The van der Waals surface area contributed by atoms with Gasteiger partial charge in [-0.15, -0.1) is 0 Å². The van der Waals surface area contributed by atoms with E-state index in [9.17, 15) is 0 Å². The van der Waals surface area contributed by atoms with E-state index in [0.717, 1.165) is 0 Å². The summed E-state index contributed by atoms with van der Waals surface area (Å²) < 4.78 is 0. The Hall–Kier alpha value is -0.0800. The zero-order valence-electron chi connectivity index (χ0n) is 6.85. The molecule has 0 spiro atoms. The van der Waals surface area contributed by atoms with E-state index < -0.39 is 0 Å². The Bertz CT molecular complexity index is 108. The van der Waals surface area contributed by atoms with E-state index in [1.165, 1.54) is 19.3 Å². The highest BCUT2D eigenvalue weighted by Crippen LogP contribution is 2.20. The van der Waals surface area contributed by atoms with Crippen LogP contribution in [0.1, 0.15) is 33.1 Å². The number of hydrogen-bond acceptors (Lipinski definition) is 2. The van der Waals surface area contributed by atoms with E-state index in [1.807, 2.05) is 13.8 Å². The molecule has 10 heavy (non-hydrogen) atoms. The van der Waals surface area contributed by atoms with Crippen molar-refractivity contribution < 1.29 is 5.11 Å². The molecule has 0 aliphatic heterocycles. The van der Waals surface area contributed by atoms with Crippen molar-refractivity contribution in [2.75, 3.05) is 6.61 Å². The van der Waals surface area contributed by atoms with Crippen LogP contribution in [0.3, 0.4) is 0 Å². The first-order valence-corrected chi connectivity index (χ1v) is 4.02. The van der Waals surface area contributed by atoms with Gasteiger partial charge in [0.2, 0.25) is 0 Å². The molecule has 60 valence electrons. The predicted octanol–water partition coefficient (Wildman–Crippen LogP) is 0.899. The minimum Gasteiger partial charge on any atom is -0.394 e. The average Bonchev–Trinajstić information content (AvgIpc) is 1.80. The molecule has 0 atom stereocenters. The summed E-state index contributed by atoms with van der Waals surface area (Å²) in [5, 5.41) is 12.3. The standard InChI is InChI=1S/C8H17NO/c1-8(2,6-10)9-7-4-3-5-7/h7,9-10H,3-6H2,1-2H3. The van der Waals surface area contributed by atoms with E-state index in [2.05, 4.69) is 5.32 Å². The van der Waals surface area contributed by atoms with Gasteiger partial charge in [-0.25, -0.2) is 0 Å². The van der Waals surface area contributed by atoms with Gasteiger partial charge in [-0.2, -0.15) is 0 Å². The van der Waals surface area contributed by atoms with Crippen molar-refractivity contribution in [2.24, 2.45) is 0 Å². The Morgan fingerprint density at radius 1 is 1.50 bits per heavy atom. The summed E-state index contributed by atoms with van der Waals surface area (Å²) >= 11 is 0. The predicted molar refractivity (Wildman–Crippen MR) is 41.9 cm³/mol. The van der Waals surface area contributed by atoms with Crippen molar-refractivity contribution in [1.29, 1.82) is 0 Å². The maximum absolute atomic E-state index is 8.90. The Morgan fingerprint density at radius 3 is 2.40 bits per heavy atom. The van der Waals surface area contributed by atoms with Gasteiger partial charge < -0.3 is 10.4 Å². The molecule has 0 unspecified atom stereocenters. The number of hydrogen-bond donors (Lipinski definition) is 2. The van der Waals surface area contributed by atoms with E-state index >= 15 is 0 Å². The zero-order valence-corrected chi connectivity index (χ0v) is 6.85. The molecule has 1 rings (SSSR count). The second-order valence-electron chi connectivity index (χ2n) is 3.81. The van der Waals surface area contributed by atoms with Gasteiger partial charge in [0, 0.05) is 11.6 Å². The summed E-state index contributed by atoms with van der Waals surface area (Å²) in [6, 6.07) is 0.669. The fourth-order valence-electron chi connectivity index (χ4n) is 1.15. The van der Waals surface area contributed by atoms with E-state index in [-0.39, 0.29) is 12.1 Å². The minimum atomic E-state index is -0.0783. The molecule has 2 N–H and O–H groups in total. The van der Waals surface area contributed by atoms with Crippen LogP contribution in [0.5, 0.6) is 0 Å². The summed E-state index contributed by atoms with van der Waals surface area (Å²) in [4.78, 5) is 0. The molecule has 0 aromatic heterocycles. The quantitative estimate of drug-likeness (QED) is 0.615. The van der Waals surface area contributed by atoms with Gasteiger partial charge in [0.1, 0.15) is 0 Å². The lowest BCUT2D eigenvalue weighted by molar-refractivity contribution is 0.154. The lowest BCUT2D eigenvalue weighted by Gasteiger charge is -2.35. The van der Waals surface area contributed by atoms with Gasteiger partial charge in [0.05, 0.1) is 6.61 Å². The monoisotopic (exact) mass is 143 g/mol. The number of aliphatic hydroxyl groups is 1. The van der Waals surface area contributed by atoms with Crippen molar-refractivity contribution in [3.63, 3.8) is 0 Å². The molecule has 0 radical (unpaired) electrons. The van der Waals surface area contributed by atoms with Gasteiger partial charge in [-0.3, -0.25) is 0 Å². The lowest BCUT2D eigenvalue weighted by atomic mass is 9.90. The van der Waals surface area contributed by atoms with Crippen molar-refractivity contribution >= 4 is 0 Å². The molecule has 0 saturated heterocycles. The molecule has 1 saturated carbocycles. The Labute approximate surface area is 62.6 Å². The van der Waals surface area contributed by atoms with Crippen LogP contribution in [-0.2, 0) is 0 Å². The highest BCUT2D eigenvalue weighted by Gasteiger charge is 2.24. The maximum atomic E-state index is 8.90. The molecule has 2 nitrogen and oxygen atoms in total. The maximum Gasteiger partial charge on any atom is 0.0607 e. The molecule has 0 amide bonds. The third-order valence-electron chi connectivity index (χ3n) is 2.10. The molecular formula is C8H17NO. The first-order chi connectivity index (χ1) is 4.64. The summed E-state index contributed by atoms with van der Waals surface area (Å²) in [6.07, 6.45) is 3.91. The van der Waals surface area contributed by atoms with Gasteiger partial charge in [0.15, 0.2) is 0 Å². The topological polar surface area (TPSA) is 32.3 Å². The second kappa shape index (κ2) is 2.89. The third-order valence-corrected chi connectivity index (χ3v) is 2.10. The highest BCUT2D eigenvalue weighted by molar-refractivity contribution is 4.85. The molecule has 0 aromatic rings. The van der Waals surface area contributed by atoms with E-state index in [0.29, 0.717) is 6.04 Å². The van der Waals surface area contributed by atoms with Crippen LogP contribution in [0, 0.1) is 0 Å². The van der Waals surface area contributed by atoms with E-state index in [4.69, 9.17) is 5.11 Å². The van der Waals surface area contributed by atoms with Gasteiger partial charge in [-0.05, 0) is 26.7 Å². The molecule has 1 aliphatic carbocycles. The summed E-state index contributed by atoms with van der Waals surface area (Å²) in [5.74, 6) is 0. The van der Waals surface area contributed by atoms with Crippen LogP contribution in [0.4, 0.5) is 0 Å². The third kappa shape index (κ3) is 1.96. The molecule has 2 heteroatoms. The minimum absolute atomic E-state index is 0.0783. The number of aliphatic hydroxyl groups excluding tert-OH is 1. The first kappa shape index (κ1) is 8.02. The van der Waals surface area contributed by atoms with Crippen LogP contribution in [0.15, 0.2) is 0 Å². The van der Waals surface area contributed by atoms with Crippen molar-refractivity contribution in [1.82, 2.24) is 5.32 Å². The van der Waals surface area contributed by atoms with Gasteiger partial charge in [-0.1, -0.05) is 6.42 Å². The molecule has 0 heterocycles. The Kier molecular flexibility index (Phi) is 2.32. The largest absolute Gasteiger partial charge is 0.394 e. The molecule has 1 aliphatic rings. The van der Waals surface area contributed by atoms with Crippen LogP contribution < -0.4 is 5.32 Å². The number of nitrogens with one attached hydrogen (secondary N) is 1. The Morgan fingerprint density at radius 2 is 2.10 bits per heavy atom. The summed E-state index contributed by atoms with van der Waals surface area (Å²) in [6.45, 7) is 4.29. The van der Waals surface area contributed by atoms with Crippen LogP contribution in [0.25, 0.3) is 0 Å². The van der Waals surface area contributed by atoms with E-state index in [1.54, 1.807) is 0 Å². The highest BCUT2D eigenvalue weighted by atomic mass is 16.3. The summed E-state index contributed by atoms with van der Waals surface area (Å²) in [5.41, 5.74) is -0.0783. The first-order valence-electron chi connectivity index (χ1n) is 4.02. The van der Waals surface area contributed by atoms with Gasteiger partial charge in [0.25, 0.3) is 0 Å². The van der Waals surface area contributed by atoms with Crippen molar-refractivity contribution in [3.8, 4) is 0 Å². The zero-order chi connectivity index (χ0) is 7.61. The normalized spacial score (nSPS) is 20.7. The van der Waals surface area contributed by atoms with Gasteiger partial charge >= 0.3 is 0 Å².